The third-order valence-electron chi connectivity index (χ3n) is 3.51. The molecule has 1 saturated heterocycles. The Hall–Kier alpha value is -1.38. The lowest BCUT2D eigenvalue weighted by Gasteiger charge is -2.29. The molecule has 8 heteroatoms. The summed E-state index contributed by atoms with van der Waals surface area (Å²) in [6.45, 7) is 1.43. The van der Waals surface area contributed by atoms with Gasteiger partial charge in [-0.2, -0.15) is 0 Å². The fourth-order valence-corrected chi connectivity index (χ4v) is 4.37. The minimum atomic E-state index is -1.23. The molecule has 0 amide bonds. The van der Waals surface area contributed by atoms with Crippen molar-refractivity contribution in [1.82, 2.24) is 14.5 Å². The highest BCUT2D eigenvalue weighted by Crippen LogP contribution is 2.31. The van der Waals surface area contributed by atoms with Gasteiger partial charge in [0.1, 0.15) is 21.8 Å². The summed E-state index contributed by atoms with van der Waals surface area (Å²) in [5.41, 5.74) is 5.60. The van der Waals surface area contributed by atoms with Crippen LogP contribution in [0.15, 0.2) is 29.2 Å². The van der Waals surface area contributed by atoms with E-state index < -0.39 is 11.0 Å². The van der Waals surface area contributed by atoms with Gasteiger partial charge < -0.3 is 5.73 Å². The Morgan fingerprint density at radius 1 is 1.24 bits per heavy atom. The maximum Gasteiger partial charge on any atom is 0.203 e. The average molecular weight is 326 g/mol. The van der Waals surface area contributed by atoms with Gasteiger partial charge in [-0.15, -0.1) is 10.2 Å². The van der Waals surface area contributed by atoms with Crippen molar-refractivity contribution < 1.29 is 8.60 Å². The third kappa shape index (κ3) is 3.28. The SMILES string of the molecule is Nc1nnc(C2CCN(S(=O)c3ccc(F)cc3)CC2)s1. The summed E-state index contributed by atoms with van der Waals surface area (Å²) in [4.78, 5) is 0.634. The van der Waals surface area contributed by atoms with Crippen molar-refractivity contribution in [3.8, 4) is 0 Å². The maximum absolute atomic E-state index is 12.9. The predicted octanol–water partition coefficient (Wildman–Crippen LogP) is 2.16. The van der Waals surface area contributed by atoms with E-state index in [0.29, 0.717) is 29.0 Å². The zero-order chi connectivity index (χ0) is 14.8. The molecule has 3 rings (SSSR count). The number of nitrogens with two attached hydrogens (primary N) is 1. The lowest BCUT2D eigenvalue weighted by molar-refractivity contribution is 0.333. The average Bonchev–Trinajstić information content (AvgIpc) is 2.94. The molecular weight excluding hydrogens is 311 g/mol. The Morgan fingerprint density at radius 3 is 2.48 bits per heavy atom. The van der Waals surface area contributed by atoms with Crippen LogP contribution in [-0.2, 0) is 11.0 Å². The Kier molecular flexibility index (Phi) is 4.27. The van der Waals surface area contributed by atoms with Gasteiger partial charge in [-0.25, -0.2) is 12.9 Å². The summed E-state index contributed by atoms with van der Waals surface area (Å²) in [5.74, 6) is 0.0181. The highest BCUT2D eigenvalue weighted by molar-refractivity contribution is 7.82. The van der Waals surface area contributed by atoms with Crippen molar-refractivity contribution in [2.24, 2.45) is 0 Å². The number of rotatable bonds is 3. The number of halogens is 1. The van der Waals surface area contributed by atoms with Crippen LogP contribution in [0.25, 0.3) is 0 Å². The number of aromatic nitrogens is 2. The first-order chi connectivity index (χ1) is 10.1. The molecule has 0 saturated carbocycles. The lowest BCUT2D eigenvalue weighted by atomic mass is 9.99. The van der Waals surface area contributed by atoms with Crippen LogP contribution in [0, 0.1) is 5.82 Å². The minimum Gasteiger partial charge on any atom is -0.374 e. The molecule has 0 aliphatic carbocycles. The van der Waals surface area contributed by atoms with Gasteiger partial charge >= 0.3 is 0 Å². The number of piperidine rings is 1. The van der Waals surface area contributed by atoms with E-state index in [4.69, 9.17) is 5.73 Å². The summed E-state index contributed by atoms with van der Waals surface area (Å²) in [7, 11) is -1.23. The number of hydrogen-bond donors (Lipinski definition) is 1. The molecule has 1 aromatic carbocycles. The molecule has 1 unspecified atom stereocenters. The molecule has 0 radical (unpaired) electrons. The van der Waals surface area contributed by atoms with Gasteiger partial charge in [0.15, 0.2) is 0 Å². The van der Waals surface area contributed by atoms with Crippen LogP contribution < -0.4 is 5.73 Å². The third-order valence-corrected chi connectivity index (χ3v) is 5.93. The number of anilines is 1. The molecule has 0 spiro atoms. The van der Waals surface area contributed by atoms with Crippen LogP contribution in [0.2, 0.25) is 0 Å². The second kappa shape index (κ2) is 6.17. The van der Waals surface area contributed by atoms with E-state index in [2.05, 4.69) is 10.2 Å². The molecule has 1 aromatic heterocycles. The molecule has 21 heavy (non-hydrogen) atoms. The fraction of sp³-hybridized carbons (Fsp3) is 0.385. The first-order valence-electron chi connectivity index (χ1n) is 6.65. The van der Waals surface area contributed by atoms with Gasteiger partial charge in [-0.1, -0.05) is 11.3 Å². The van der Waals surface area contributed by atoms with Crippen molar-refractivity contribution >= 4 is 27.5 Å². The van der Waals surface area contributed by atoms with E-state index >= 15 is 0 Å². The van der Waals surface area contributed by atoms with E-state index in [-0.39, 0.29) is 5.82 Å². The predicted molar refractivity (Wildman–Crippen MR) is 80.7 cm³/mol. The van der Waals surface area contributed by atoms with Gasteiger partial charge in [0, 0.05) is 19.0 Å². The lowest BCUT2D eigenvalue weighted by Crippen LogP contribution is -2.34. The van der Waals surface area contributed by atoms with E-state index in [1.807, 2.05) is 4.31 Å². The topological polar surface area (TPSA) is 72.1 Å². The highest BCUT2D eigenvalue weighted by atomic mass is 32.2. The Labute approximate surface area is 128 Å². The number of nitrogens with zero attached hydrogens (tertiary/aromatic N) is 3. The van der Waals surface area contributed by atoms with Crippen LogP contribution in [0.1, 0.15) is 23.8 Å². The smallest absolute Gasteiger partial charge is 0.203 e. The zero-order valence-electron chi connectivity index (χ0n) is 11.2. The number of nitrogen functional groups attached to an aromatic ring is 1. The molecule has 2 aromatic rings. The minimum absolute atomic E-state index is 0.316. The normalized spacial score (nSPS) is 18.7. The molecule has 1 aliphatic rings. The van der Waals surface area contributed by atoms with E-state index in [1.165, 1.54) is 23.5 Å². The van der Waals surface area contributed by atoms with Gasteiger partial charge in [-0.05, 0) is 37.1 Å². The Bertz CT molecular complexity index is 638. The highest BCUT2D eigenvalue weighted by Gasteiger charge is 2.26. The van der Waals surface area contributed by atoms with E-state index in [0.717, 1.165) is 17.8 Å². The van der Waals surface area contributed by atoms with Crippen LogP contribution in [0.3, 0.4) is 0 Å². The van der Waals surface area contributed by atoms with Crippen LogP contribution >= 0.6 is 11.3 Å². The number of benzene rings is 1. The molecule has 1 aliphatic heterocycles. The summed E-state index contributed by atoms with van der Waals surface area (Å²) in [6, 6.07) is 5.82. The van der Waals surface area contributed by atoms with E-state index in [1.54, 1.807) is 12.1 Å². The van der Waals surface area contributed by atoms with Crippen molar-refractivity contribution in [3.05, 3.63) is 35.1 Å². The monoisotopic (exact) mass is 326 g/mol. The molecule has 0 bridgehead atoms. The maximum atomic E-state index is 12.9. The van der Waals surface area contributed by atoms with Crippen molar-refractivity contribution in [2.45, 2.75) is 23.7 Å². The molecule has 112 valence electrons. The Balaban J connectivity index is 1.63. The van der Waals surface area contributed by atoms with Gasteiger partial charge in [-0.3, -0.25) is 0 Å². The molecule has 5 nitrogen and oxygen atoms in total. The second-order valence-corrected chi connectivity index (χ2v) is 7.41. The summed E-state index contributed by atoms with van der Waals surface area (Å²) >= 11 is 1.42. The number of hydrogen-bond acceptors (Lipinski definition) is 5. The summed E-state index contributed by atoms with van der Waals surface area (Å²) in [5, 5.41) is 9.37. The second-order valence-electron chi connectivity index (χ2n) is 4.88. The molecule has 2 heterocycles. The van der Waals surface area contributed by atoms with Crippen molar-refractivity contribution in [2.75, 3.05) is 18.8 Å². The van der Waals surface area contributed by atoms with Crippen LogP contribution in [-0.4, -0.2) is 31.8 Å². The fourth-order valence-electron chi connectivity index (χ4n) is 2.38. The molecule has 2 N–H and O–H groups in total. The Morgan fingerprint density at radius 2 is 1.90 bits per heavy atom. The van der Waals surface area contributed by atoms with Gasteiger partial charge in [0.05, 0.1) is 4.90 Å². The van der Waals surface area contributed by atoms with Gasteiger partial charge in [0.25, 0.3) is 0 Å². The van der Waals surface area contributed by atoms with Crippen molar-refractivity contribution in [3.63, 3.8) is 0 Å². The van der Waals surface area contributed by atoms with Crippen molar-refractivity contribution in [1.29, 1.82) is 0 Å². The van der Waals surface area contributed by atoms with Crippen LogP contribution in [0.4, 0.5) is 9.52 Å². The quantitative estimate of drug-likeness (QED) is 0.938. The molecule has 1 fully saturated rings. The first kappa shape index (κ1) is 14.6. The molecular formula is C13H15FN4OS2. The largest absolute Gasteiger partial charge is 0.374 e. The summed E-state index contributed by atoms with van der Waals surface area (Å²) < 4.78 is 27.2. The van der Waals surface area contributed by atoms with Crippen LogP contribution in [0.5, 0.6) is 0 Å². The van der Waals surface area contributed by atoms with Gasteiger partial charge in [0.2, 0.25) is 5.13 Å². The van der Waals surface area contributed by atoms with E-state index in [9.17, 15) is 8.60 Å². The first-order valence-corrected chi connectivity index (χ1v) is 8.57. The summed E-state index contributed by atoms with van der Waals surface area (Å²) in [6.07, 6.45) is 1.75. The standard InChI is InChI=1S/C13H15FN4OS2/c14-10-1-3-11(4-2-10)21(19)18-7-5-9(6-8-18)12-16-17-13(15)20-12/h1-4,9H,5-8H2,(H2,15,17). The molecule has 1 atom stereocenters. The zero-order valence-corrected chi connectivity index (χ0v) is 12.9.